The van der Waals surface area contributed by atoms with E-state index in [-0.39, 0.29) is 25.0 Å². The SMILES string of the molecule is O=C(NCC(F)(F)CO)C1CCCCC1C(=O)N1CCc2c(Cl)ccc(OCc3noc4ccccc34)c2[C@H]1CN1CCCC1=O. The standard InChI is InChI=1S/C33H37ClF2N4O6/c34-24-11-12-28(45-17-25-23-8-3-4-9-27(23)46-38-25)30-22(24)13-15-40(26(30)16-39-14-5-10-29(39)42)32(44)21-7-2-1-6-20(21)31(43)37-18-33(35,36)19-41/h3-4,8-9,11-12,20-21,26,41H,1-2,5-7,10,13-19H2,(H,37,43)/t20?,21?,26-/m1/s1. The molecule has 6 rings (SSSR count). The second kappa shape index (κ2) is 13.5. The van der Waals surface area contributed by atoms with Gasteiger partial charge in [-0.2, -0.15) is 0 Å². The van der Waals surface area contributed by atoms with Gasteiger partial charge in [-0.1, -0.05) is 41.7 Å². The van der Waals surface area contributed by atoms with Crippen molar-refractivity contribution < 1.29 is 37.5 Å². The number of nitrogens with one attached hydrogen (secondary N) is 1. The van der Waals surface area contributed by atoms with Gasteiger partial charge in [-0.3, -0.25) is 14.4 Å². The number of amides is 3. The zero-order chi connectivity index (χ0) is 32.4. The normalized spacial score (nSPS) is 21.8. The van der Waals surface area contributed by atoms with Crippen LogP contribution in [0.5, 0.6) is 5.75 Å². The molecule has 10 nitrogen and oxygen atoms in total. The highest BCUT2D eigenvalue weighted by Gasteiger charge is 2.44. The molecule has 2 aromatic carbocycles. The van der Waals surface area contributed by atoms with Crippen LogP contribution >= 0.6 is 11.6 Å². The van der Waals surface area contributed by atoms with Crippen LogP contribution in [0.15, 0.2) is 40.9 Å². The van der Waals surface area contributed by atoms with Gasteiger partial charge < -0.3 is 29.5 Å². The van der Waals surface area contributed by atoms with Crippen LogP contribution in [0.4, 0.5) is 8.78 Å². The van der Waals surface area contributed by atoms with Crippen LogP contribution in [-0.4, -0.2) is 76.5 Å². The lowest BCUT2D eigenvalue weighted by Crippen LogP contribution is -2.51. The van der Waals surface area contributed by atoms with Gasteiger partial charge in [-0.15, -0.1) is 0 Å². The molecule has 1 aromatic heterocycles. The molecule has 1 saturated heterocycles. The molecule has 0 spiro atoms. The largest absolute Gasteiger partial charge is 0.487 e. The Morgan fingerprint density at radius 2 is 1.87 bits per heavy atom. The molecule has 46 heavy (non-hydrogen) atoms. The van der Waals surface area contributed by atoms with Gasteiger partial charge in [0.25, 0.3) is 5.92 Å². The molecule has 246 valence electrons. The topological polar surface area (TPSA) is 125 Å². The molecule has 2 N–H and O–H groups in total. The third kappa shape index (κ3) is 6.55. The second-order valence-electron chi connectivity index (χ2n) is 12.3. The molecule has 3 heterocycles. The Bertz CT molecular complexity index is 1620. The van der Waals surface area contributed by atoms with Crippen LogP contribution in [0.1, 0.15) is 61.4 Å². The number of alkyl halides is 2. The van der Waals surface area contributed by atoms with Gasteiger partial charge in [0.15, 0.2) is 5.58 Å². The number of benzene rings is 2. The van der Waals surface area contributed by atoms with E-state index in [1.807, 2.05) is 24.3 Å². The van der Waals surface area contributed by atoms with Crippen LogP contribution in [0.2, 0.25) is 5.02 Å². The summed E-state index contributed by atoms with van der Waals surface area (Å²) in [5.41, 5.74) is 2.78. The minimum Gasteiger partial charge on any atom is -0.487 e. The van der Waals surface area contributed by atoms with Crippen molar-refractivity contribution in [3.63, 3.8) is 0 Å². The summed E-state index contributed by atoms with van der Waals surface area (Å²) in [4.78, 5) is 43.9. The van der Waals surface area contributed by atoms with Gasteiger partial charge in [0.2, 0.25) is 17.7 Å². The number of nitrogens with zero attached hydrogens (tertiary/aromatic N) is 3. The van der Waals surface area contributed by atoms with E-state index in [0.29, 0.717) is 79.2 Å². The van der Waals surface area contributed by atoms with Crippen molar-refractivity contribution in [3.8, 4) is 5.75 Å². The van der Waals surface area contributed by atoms with Crippen LogP contribution in [0, 0.1) is 11.8 Å². The van der Waals surface area contributed by atoms with E-state index < -0.39 is 42.9 Å². The van der Waals surface area contributed by atoms with E-state index in [2.05, 4.69) is 10.5 Å². The van der Waals surface area contributed by atoms with E-state index >= 15 is 0 Å². The first kappa shape index (κ1) is 32.2. The number of aliphatic hydroxyl groups excluding tert-OH is 1. The summed E-state index contributed by atoms with van der Waals surface area (Å²) >= 11 is 6.73. The number of likely N-dealkylation sites (tertiary alicyclic amines) is 1. The summed E-state index contributed by atoms with van der Waals surface area (Å²) in [5.74, 6) is -5.35. The first-order chi connectivity index (χ1) is 22.2. The van der Waals surface area contributed by atoms with Crippen molar-refractivity contribution in [1.82, 2.24) is 20.3 Å². The maximum Gasteiger partial charge on any atom is 0.287 e. The third-order valence-corrected chi connectivity index (χ3v) is 9.76. The van der Waals surface area contributed by atoms with E-state index in [4.69, 9.17) is 26.0 Å². The average molecular weight is 659 g/mol. The van der Waals surface area contributed by atoms with E-state index in [9.17, 15) is 23.2 Å². The lowest BCUT2D eigenvalue weighted by molar-refractivity contribution is -0.147. The first-order valence-electron chi connectivity index (χ1n) is 15.8. The molecule has 3 atom stereocenters. The molecule has 3 amide bonds. The van der Waals surface area contributed by atoms with Crippen molar-refractivity contribution in [1.29, 1.82) is 0 Å². The van der Waals surface area contributed by atoms with Crippen LogP contribution in [0.3, 0.4) is 0 Å². The number of aromatic nitrogens is 1. The van der Waals surface area contributed by atoms with Crippen molar-refractivity contribution in [2.24, 2.45) is 11.8 Å². The van der Waals surface area contributed by atoms with Crippen LogP contribution in [-0.2, 0) is 27.4 Å². The Labute approximate surface area is 270 Å². The fourth-order valence-electron chi connectivity index (χ4n) is 7.01. The lowest BCUT2D eigenvalue weighted by atomic mass is 9.77. The highest BCUT2D eigenvalue weighted by Crippen LogP contribution is 2.43. The molecule has 2 aliphatic heterocycles. The Morgan fingerprint density at radius 3 is 2.63 bits per heavy atom. The predicted molar refractivity (Wildman–Crippen MR) is 164 cm³/mol. The number of hydrogen-bond donors (Lipinski definition) is 2. The highest BCUT2D eigenvalue weighted by atomic mass is 35.5. The third-order valence-electron chi connectivity index (χ3n) is 9.41. The number of hydrogen-bond acceptors (Lipinski definition) is 7. The zero-order valence-electron chi connectivity index (χ0n) is 25.4. The number of fused-ring (bicyclic) bond motifs is 2. The Morgan fingerprint density at radius 1 is 1.09 bits per heavy atom. The number of ether oxygens (including phenoxy) is 1. The van der Waals surface area contributed by atoms with Crippen LogP contribution < -0.4 is 10.1 Å². The quantitative estimate of drug-likeness (QED) is 0.325. The van der Waals surface area contributed by atoms with Gasteiger partial charge in [-0.25, -0.2) is 8.78 Å². The van der Waals surface area contributed by atoms with Gasteiger partial charge in [0.05, 0.1) is 12.6 Å². The van der Waals surface area contributed by atoms with E-state index in [1.165, 1.54) is 0 Å². The Hall–Kier alpha value is -3.77. The fourth-order valence-corrected chi connectivity index (χ4v) is 7.27. The monoisotopic (exact) mass is 658 g/mol. The number of para-hydroxylation sites is 1. The fraction of sp³-hybridized carbons (Fsp3) is 0.515. The van der Waals surface area contributed by atoms with Gasteiger partial charge >= 0.3 is 0 Å². The number of halogens is 3. The molecule has 3 aliphatic rings. The molecular formula is C33H37ClF2N4O6. The summed E-state index contributed by atoms with van der Waals surface area (Å²) in [7, 11) is 0. The summed E-state index contributed by atoms with van der Waals surface area (Å²) in [5, 5.41) is 16.7. The lowest BCUT2D eigenvalue weighted by Gasteiger charge is -2.43. The van der Waals surface area contributed by atoms with E-state index in [1.54, 1.807) is 21.9 Å². The predicted octanol–water partition coefficient (Wildman–Crippen LogP) is 4.66. The molecule has 2 unspecified atom stereocenters. The molecule has 1 aliphatic carbocycles. The van der Waals surface area contributed by atoms with Gasteiger partial charge in [-0.05, 0) is 55.5 Å². The molecular weight excluding hydrogens is 622 g/mol. The minimum absolute atomic E-state index is 0.00202. The van der Waals surface area contributed by atoms with Crippen molar-refractivity contribution in [2.45, 2.75) is 63.5 Å². The molecule has 13 heteroatoms. The molecule has 3 aromatic rings. The summed E-state index contributed by atoms with van der Waals surface area (Å²) in [6.45, 7) is -1.20. The summed E-state index contributed by atoms with van der Waals surface area (Å²) in [6, 6.07) is 10.4. The summed E-state index contributed by atoms with van der Waals surface area (Å²) in [6.07, 6.45) is 3.81. The summed E-state index contributed by atoms with van der Waals surface area (Å²) < 4.78 is 39.3. The highest BCUT2D eigenvalue weighted by molar-refractivity contribution is 6.31. The van der Waals surface area contributed by atoms with Gasteiger partial charge in [0, 0.05) is 53.9 Å². The zero-order valence-corrected chi connectivity index (χ0v) is 26.1. The molecule has 1 saturated carbocycles. The average Bonchev–Trinajstić information content (AvgIpc) is 3.68. The number of aliphatic hydroxyl groups is 1. The maximum atomic E-state index is 14.4. The number of rotatable bonds is 10. The van der Waals surface area contributed by atoms with E-state index in [0.717, 1.165) is 17.4 Å². The van der Waals surface area contributed by atoms with Crippen molar-refractivity contribution in [2.75, 3.05) is 32.8 Å². The maximum absolute atomic E-state index is 14.4. The van der Waals surface area contributed by atoms with Crippen LogP contribution in [0.25, 0.3) is 11.0 Å². The first-order valence-corrected chi connectivity index (χ1v) is 16.2. The molecule has 2 fully saturated rings. The molecule has 0 radical (unpaired) electrons. The number of carbonyl (C=O) groups excluding carboxylic acids is 3. The van der Waals surface area contributed by atoms with Gasteiger partial charge in [0.1, 0.15) is 24.7 Å². The Kier molecular flexibility index (Phi) is 9.47. The number of carbonyl (C=O) groups is 3. The second-order valence-corrected chi connectivity index (χ2v) is 12.7. The minimum atomic E-state index is -3.46. The van der Waals surface area contributed by atoms with Crippen molar-refractivity contribution in [3.05, 3.63) is 58.2 Å². The Balaban J connectivity index is 1.31. The van der Waals surface area contributed by atoms with Crippen molar-refractivity contribution >= 4 is 40.3 Å². The smallest absolute Gasteiger partial charge is 0.287 e. The molecule has 0 bridgehead atoms.